The summed E-state index contributed by atoms with van der Waals surface area (Å²) in [6, 6.07) is 15.1. The molecule has 2 aromatic carbocycles. The second kappa shape index (κ2) is 3.68. The predicted molar refractivity (Wildman–Crippen MR) is 52.5 cm³/mol. The molecule has 2 aromatic rings. The zero-order valence-corrected chi connectivity index (χ0v) is 11.2. The number of hydrogen-bond acceptors (Lipinski definition) is 0. The standard InChI is InChI=1S/C10H7.BrH.Zn/c1-2-6-10-8-4-3-7-9(10)5-1;;/h1-7H;1H;/q;;+1/p-1. The van der Waals surface area contributed by atoms with Gasteiger partial charge in [-0.3, -0.25) is 0 Å². The Hall–Kier alpha value is -0.197. The summed E-state index contributed by atoms with van der Waals surface area (Å²) >= 11 is 3.05. The van der Waals surface area contributed by atoms with Gasteiger partial charge in [-0.05, 0) is 0 Å². The fraction of sp³-hybridized carbons (Fsp3) is 0. The van der Waals surface area contributed by atoms with E-state index >= 15 is 0 Å². The van der Waals surface area contributed by atoms with E-state index in [1.165, 1.54) is 10.8 Å². The van der Waals surface area contributed by atoms with Crippen LogP contribution in [-0.2, 0) is 15.2 Å². The fourth-order valence-electron chi connectivity index (χ4n) is 1.41. The van der Waals surface area contributed by atoms with E-state index < -0.39 is 15.2 Å². The first kappa shape index (κ1) is 8.40. The molecule has 0 aliphatic carbocycles. The van der Waals surface area contributed by atoms with E-state index in [0.717, 1.165) is 0 Å². The minimum atomic E-state index is -0.618. The molecule has 0 fully saturated rings. The molecule has 0 heterocycles. The third kappa shape index (κ3) is 1.46. The predicted octanol–water partition coefficient (Wildman–Crippen LogP) is 2.86. The van der Waals surface area contributed by atoms with Gasteiger partial charge >= 0.3 is 86.2 Å². The van der Waals surface area contributed by atoms with Crippen LogP contribution in [0.2, 0.25) is 0 Å². The molecule has 0 aliphatic rings. The molecular weight excluding hydrogens is 265 g/mol. The molecule has 2 heteroatoms. The molecule has 0 radical (unpaired) electrons. The first-order chi connectivity index (χ1) is 5.92. The quantitative estimate of drug-likeness (QED) is 0.700. The molecule has 0 nitrogen and oxygen atoms in total. The Kier molecular flexibility index (Phi) is 2.58. The molecule has 0 unspecified atom stereocenters. The van der Waals surface area contributed by atoms with E-state index in [9.17, 15) is 0 Å². The molecule has 0 aromatic heterocycles. The first-order valence-corrected chi connectivity index (χ1v) is 12.4. The fourth-order valence-corrected chi connectivity index (χ4v) is 5.40. The van der Waals surface area contributed by atoms with Crippen LogP contribution in [0.25, 0.3) is 10.8 Å². The Balaban J connectivity index is 2.79. The SMILES string of the molecule is [Br][Zn][c]1cccc2ccccc12. The van der Waals surface area contributed by atoms with Crippen LogP contribution < -0.4 is 4.16 Å². The molecule has 0 bridgehead atoms. The summed E-state index contributed by atoms with van der Waals surface area (Å²) in [6.07, 6.45) is 0. The van der Waals surface area contributed by atoms with Crippen LogP contribution in [0.4, 0.5) is 0 Å². The van der Waals surface area contributed by atoms with E-state index in [2.05, 4.69) is 56.1 Å². The van der Waals surface area contributed by atoms with Crippen molar-refractivity contribution in [3.05, 3.63) is 42.5 Å². The van der Waals surface area contributed by atoms with Crippen molar-refractivity contribution in [2.75, 3.05) is 0 Å². The minimum absolute atomic E-state index is 0.618. The van der Waals surface area contributed by atoms with Gasteiger partial charge in [0.2, 0.25) is 0 Å². The van der Waals surface area contributed by atoms with Gasteiger partial charge in [-0.25, -0.2) is 0 Å². The summed E-state index contributed by atoms with van der Waals surface area (Å²) < 4.78 is 1.54. The van der Waals surface area contributed by atoms with Gasteiger partial charge < -0.3 is 0 Å². The monoisotopic (exact) mass is 270 g/mol. The molecule has 56 valence electrons. The van der Waals surface area contributed by atoms with E-state index in [1.54, 1.807) is 4.16 Å². The van der Waals surface area contributed by atoms with Crippen molar-refractivity contribution in [2.24, 2.45) is 0 Å². The van der Waals surface area contributed by atoms with Crippen LogP contribution in [0.15, 0.2) is 42.5 Å². The normalized spacial score (nSPS) is 9.75. The van der Waals surface area contributed by atoms with E-state index in [-0.39, 0.29) is 0 Å². The molecule has 2 rings (SSSR count). The van der Waals surface area contributed by atoms with Crippen LogP contribution in [0.5, 0.6) is 0 Å². The molecule has 0 aliphatic heterocycles. The van der Waals surface area contributed by atoms with Crippen molar-refractivity contribution < 1.29 is 15.2 Å². The second-order valence-corrected chi connectivity index (χ2v) is 7.84. The third-order valence-corrected chi connectivity index (χ3v) is 7.06. The zero-order valence-electron chi connectivity index (χ0n) is 6.63. The first-order valence-electron chi connectivity index (χ1n) is 3.94. The molecular formula is C10H7BrZn. The van der Waals surface area contributed by atoms with Gasteiger partial charge in [0.1, 0.15) is 0 Å². The van der Waals surface area contributed by atoms with Crippen LogP contribution in [0.3, 0.4) is 0 Å². The topological polar surface area (TPSA) is 0 Å². The van der Waals surface area contributed by atoms with E-state index in [0.29, 0.717) is 0 Å². The van der Waals surface area contributed by atoms with Crippen LogP contribution in [0.1, 0.15) is 0 Å². The van der Waals surface area contributed by atoms with Crippen molar-refractivity contribution in [1.29, 1.82) is 0 Å². The molecule has 0 amide bonds. The van der Waals surface area contributed by atoms with Crippen molar-refractivity contribution in [1.82, 2.24) is 0 Å². The number of fused-ring (bicyclic) bond motifs is 1. The second-order valence-electron chi connectivity index (χ2n) is 2.77. The molecule has 0 saturated heterocycles. The summed E-state index contributed by atoms with van der Waals surface area (Å²) in [4.78, 5) is 0. The van der Waals surface area contributed by atoms with Gasteiger partial charge in [-0.15, -0.1) is 0 Å². The number of hydrogen-bond donors (Lipinski definition) is 0. The third-order valence-electron chi connectivity index (χ3n) is 2.02. The Morgan fingerprint density at radius 1 is 0.917 bits per heavy atom. The summed E-state index contributed by atoms with van der Waals surface area (Å²) in [5, 5.41) is 2.79. The molecule has 0 atom stereocenters. The number of halogens is 1. The average molecular weight is 272 g/mol. The summed E-state index contributed by atoms with van der Waals surface area (Å²) in [5.41, 5.74) is 0. The average Bonchev–Trinajstić information content (AvgIpc) is 2.17. The molecule has 0 spiro atoms. The van der Waals surface area contributed by atoms with E-state index in [4.69, 9.17) is 0 Å². The van der Waals surface area contributed by atoms with Crippen molar-refractivity contribution >= 4 is 28.6 Å². The Morgan fingerprint density at radius 3 is 2.50 bits per heavy atom. The van der Waals surface area contributed by atoms with Crippen LogP contribution in [0, 0.1) is 0 Å². The van der Waals surface area contributed by atoms with Gasteiger partial charge in [0.25, 0.3) is 0 Å². The van der Waals surface area contributed by atoms with Crippen LogP contribution >= 0.6 is 13.6 Å². The summed E-state index contributed by atoms with van der Waals surface area (Å²) in [5.74, 6) is 0. The van der Waals surface area contributed by atoms with Gasteiger partial charge in [0.05, 0.1) is 0 Å². The Labute approximate surface area is 85.9 Å². The van der Waals surface area contributed by atoms with E-state index in [1.807, 2.05) is 0 Å². The number of rotatable bonds is 1. The molecule has 12 heavy (non-hydrogen) atoms. The number of benzene rings is 2. The van der Waals surface area contributed by atoms with Gasteiger partial charge in [0.15, 0.2) is 0 Å². The maximum absolute atomic E-state index is 3.67. The summed E-state index contributed by atoms with van der Waals surface area (Å²) in [6.45, 7) is 0. The van der Waals surface area contributed by atoms with Crippen LogP contribution in [-0.4, -0.2) is 0 Å². The van der Waals surface area contributed by atoms with Crippen molar-refractivity contribution in [2.45, 2.75) is 0 Å². The summed E-state index contributed by atoms with van der Waals surface area (Å²) in [7, 11) is 0. The maximum atomic E-state index is 3.67. The molecule has 0 saturated carbocycles. The Morgan fingerprint density at radius 2 is 1.67 bits per heavy atom. The Bertz CT molecular complexity index is 392. The van der Waals surface area contributed by atoms with Crippen molar-refractivity contribution in [3.8, 4) is 0 Å². The van der Waals surface area contributed by atoms with Gasteiger partial charge in [-0.2, -0.15) is 0 Å². The molecule has 0 N–H and O–H groups in total. The van der Waals surface area contributed by atoms with Gasteiger partial charge in [0, 0.05) is 0 Å². The van der Waals surface area contributed by atoms with Gasteiger partial charge in [-0.1, -0.05) is 0 Å². The zero-order chi connectivity index (χ0) is 8.39. The van der Waals surface area contributed by atoms with Crippen molar-refractivity contribution in [3.63, 3.8) is 0 Å².